The summed E-state index contributed by atoms with van der Waals surface area (Å²) in [4.78, 5) is 34.6. The van der Waals surface area contributed by atoms with Gasteiger partial charge in [0.15, 0.2) is 5.13 Å². The maximum Gasteiger partial charge on any atom is 0.227 e. The Morgan fingerprint density at radius 2 is 1.90 bits per heavy atom. The van der Waals surface area contributed by atoms with Crippen molar-refractivity contribution in [3.05, 3.63) is 39.9 Å². The van der Waals surface area contributed by atoms with Crippen LogP contribution in [0.2, 0.25) is 0 Å². The van der Waals surface area contributed by atoms with Gasteiger partial charge >= 0.3 is 0 Å². The lowest BCUT2D eigenvalue weighted by Gasteiger charge is -2.33. The zero-order valence-corrected chi connectivity index (χ0v) is 18.1. The Morgan fingerprint density at radius 3 is 2.59 bits per heavy atom. The van der Waals surface area contributed by atoms with Crippen LogP contribution >= 0.6 is 11.3 Å². The van der Waals surface area contributed by atoms with Crippen molar-refractivity contribution in [3.8, 4) is 0 Å². The largest absolute Gasteiger partial charge is 0.345 e. The standard InChI is InChI=1S/C22H28N4O2S/c1-14-4-6-18(12-15(14)2)23-21(28)17-5-7-19-20(13-17)29-22(24-19)26-10-8-25(9-11-26)16(3)27/h4,6,12,17H,5,7-11,13H2,1-3H3,(H,23,28)/t17-/m0/s1. The molecule has 1 fully saturated rings. The summed E-state index contributed by atoms with van der Waals surface area (Å²) in [6.45, 7) is 8.91. The summed E-state index contributed by atoms with van der Waals surface area (Å²) >= 11 is 1.71. The van der Waals surface area contributed by atoms with Gasteiger partial charge in [-0.25, -0.2) is 4.98 Å². The van der Waals surface area contributed by atoms with E-state index in [4.69, 9.17) is 4.98 Å². The van der Waals surface area contributed by atoms with E-state index in [1.54, 1.807) is 18.3 Å². The zero-order valence-electron chi connectivity index (χ0n) is 17.3. The molecule has 6 nitrogen and oxygen atoms in total. The summed E-state index contributed by atoms with van der Waals surface area (Å²) in [6, 6.07) is 6.05. The molecule has 1 aromatic carbocycles. The molecule has 0 radical (unpaired) electrons. The number of nitrogens with zero attached hydrogens (tertiary/aromatic N) is 3. The maximum absolute atomic E-state index is 12.8. The predicted molar refractivity (Wildman–Crippen MR) is 117 cm³/mol. The van der Waals surface area contributed by atoms with Crippen molar-refractivity contribution in [3.63, 3.8) is 0 Å². The molecule has 1 atom stereocenters. The molecule has 7 heteroatoms. The van der Waals surface area contributed by atoms with Crippen molar-refractivity contribution >= 4 is 34.0 Å². The van der Waals surface area contributed by atoms with Gasteiger partial charge in [0.1, 0.15) is 0 Å². The number of hydrogen-bond donors (Lipinski definition) is 1. The number of hydrogen-bond acceptors (Lipinski definition) is 5. The predicted octanol–water partition coefficient (Wildman–Crippen LogP) is 3.17. The van der Waals surface area contributed by atoms with Crippen LogP contribution in [0.25, 0.3) is 0 Å². The smallest absolute Gasteiger partial charge is 0.227 e. The minimum atomic E-state index is -0.00744. The third-order valence-corrected chi connectivity index (χ3v) is 7.25. The summed E-state index contributed by atoms with van der Waals surface area (Å²) < 4.78 is 0. The van der Waals surface area contributed by atoms with E-state index in [1.807, 2.05) is 23.1 Å². The van der Waals surface area contributed by atoms with Gasteiger partial charge in [-0.1, -0.05) is 6.07 Å². The lowest BCUT2D eigenvalue weighted by atomic mass is 9.90. The summed E-state index contributed by atoms with van der Waals surface area (Å²) in [5.74, 6) is 0.233. The van der Waals surface area contributed by atoms with Crippen LogP contribution in [-0.4, -0.2) is 47.9 Å². The van der Waals surface area contributed by atoms with Gasteiger partial charge in [0.25, 0.3) is 0 Å². The number of anilines is 2. The summed E-state index contributed by atoms with van der Waals surface area (Å²) in [5, 5.41) is 4.13. The third kappa shape index (κ3) is 4.29. The van der Waals surface area contributed by atoms with Gasteiger partial charge in [-0.05, 0) is 56.4 Å². The van der Waals surface area contributed by atoms with Crippen LogP contribution in [0.5, 0.6) is 0 Å². The van der Waals surface area contributed by atoms with Crippen molar-refractivity contribution in [2.45, 2.75) is 40.0 Å². The number of nitrogens with one attached hydrogen (secondary N) is 1. The number of amides is 2. The first-order chi connectivity index (χ1) is 13.9. The number of fused-ring (bicyclic) bond motifs is 1. The molecule has 0 spiro atoms. The monoisotopic (exact) mass is 412 g/mol. The van der Waals surface area contributed by atoms with E-state index < -0.39 is 0 Å². The van der Waals surface area contributed by atoms with E-state index in [0.29, 0.717) is 0 Å². The van der Waals surface area contributed by atoms with E-state index in [1.165, 1.54) is 16.0 Å². The second-order valence-electron chi connectivity index (χ2n) is 8.09. The van der Waals surface area contributed by atoms with Gasteiger partial charge in [-0.2, -0.15) is 0 Å². The lowest BCUT2D eigenvalue weighted by molar-refractivity contribution is -0.129. The number of aryl methyl sites for hydroxylation is 3. The molecule has 0 unspecified atom stereocenters. The highest BCUT2D eigenvalue weighted by Crippen LogP contribution is 2.35. The summed E-state index contributed by atoms with van der Waals surface area (Å²) in [6.07, 6.45) is 2.45. The SMILES string of the molecule is CC(=O)N1CCN(c2nc3c(s2)C[C@@H](C(=O)Nc2ccc(C)c(C)c2)CC3)CC1. The van der Waals surface area contributed by atoms with Crippen LogP contribution in [-0.2, 0) is 22.4 Å². The highest BCUT2D eigenvalue weighted by atomic mass is 32.1. The van der Waals surface area contributed by atoms with E-state index >= 15 is 0 Å². The average molecular weight is 413 g/mol. The van der Waals surface area contributed by atoms with Crippen LogP contribution in [0.15, 0.2) is 18.2 Å². The normalized spacial score (nSPS) is 19.1. The van der Waals surface area contributed by atoms with Crippen LogP contribution in [0, 0.1) is 19.8 Å². The average Bonchev–Trinajstić information content (AvgIpc) is 3.14. The van der Waals surface area contributed by atoms with Gasteiger partial charge < -0.3 is 15.1 Å². The van der Waals surface area contributed by atoms with Gasteiger partial charge in [0.2, 0.25) is 11.8 Å². The number of aromatic nitrogens is 1. The molecular weight excluding hydrogens is 384 g/mol. The Morgan fingerprint density at radius 1 is 1.14 bits per heavy atom. The van der Waals surface area contributed by atoms with Crippen molar-refractivity contribution in [2.24, 2.45) is 5.92 Å². The molecule has 4 rings (SSSR count). The molecule has 0 bridgehead atoms. The van der Waals surface area contributed by atoms with Crippen LogP contribution in [0.1, 0.15) is 35.0 Å². The Bertz CT molecular complexity index is 931. The number of carbonyl (C=O) groups is 2. The fourth-order valence-electron chi connectivity index (χ4n) is 4.00. The molecular formula is C22H28N4O2S. The minimum absolute atomic E-state index is 0.00744. The zero-order chi connectivity index (χ0) is 20.5. The van der Waals surface area contributed by atoms with Crippen molar-refractivity contribution in [1.82, 2.24) is 9.88 Å². The molecule has 1 aliphatic heterocycles. The molecule has 1 aromatic heterocycles. The summed E-state index contributed by atoms with van der Waals surface area (Å²) in [5.41, 5.74) is 4.43. The quantitative estimate of drug-likeness (QED) is 0.841. The summed E-state index contributed by atoms with van der Waals surface area (Å²) in [7, 11) is 0. The highest BCUT2D eigenvalue weighted by Gasteiger charge is 2.29. The first kappa shape index (κ1) is 19.9. The van der Waals surface area contributed by atoms with Crippen LogP contribution in [0.4, 0.5) is 10.8 Å². The van der Waals surface area contributed by atoms with Crippen molar-refractivity contribution < 1.29 is 9.59 Å². The molecule has 2 heterocycles. The van der Waals surface area contributed by atoms with Gasteiger partial charge in [0.05, 0.1) is 5.69 Å². The molecule has 0 saturated carbocycles. The molecule has 154 valence electrons. The van der Waals surface area contributed by atoms with Gasteiger partial charge in [-0.15, -0.1) is 11.3 Å². The molecule has 2 amide bonds. The molecule has 29 heavy (non-hydrogen) atoms. The van der Waals surface area contributed by atoms with Gasteiger partial charge in [-0.3, -0.25) is 9.59 Å². The molecule has 2 aromatic rings. The number of thiazole rings is 1. The fourth-order valence-corrected chi connectivity index (χ4v) is 5.23. The molecule has 2 aliphatic rings. The first-order valence-corrected chi connectivity index (χ1v) is 11.1. The Balaban J connectivity index is 1.39. The van der Waals surface area contributed by atoms with Crippen LogP contribution in [0.3, 0.4) is 0 Å². The maximum atomic E-state index is 12.8. The van der Waals surface area contributed by atoms with Gasteiger partial charge in [0, 0.05) is 49.6 Å². The molecule has 1 N–H and O–H groups in total. The number of piperazine rings is 1. The van der Waals surface area contributed by atoms with E-state index in [0.717, 1.165) is 62.0 Å². The Kier molecular flexibility index (Phi) is 5.58. The number of rotatable bonds is 3. The minimum Gasteiger partial charge on any atom is -0.345 e. The second-order valence-corrected chi connectivity index (χ2v) is 9.15. The topological polar surface area (TPSA) is 65.5 Å². The van der Waals surface area contributed by atoms with Crippen molar-refractivity contribution in [2.75, 3.05) is 36.4 Å². The van der Waals surface area contributed by atoms with E-state index in [-0.39, 0.29) is 17.7 Å². The first-order valence-electron chi connectivity index (χ1n) is 10.3. The Labute approximate surface area is 175 Å². The highest BCUT2D eigenvalue weighted by molar-refractivity contribution is 7.15. The fraction of sp³-hybridized carbons (Fsp3) is 0.500. The van der Waals surface area contributed by atoms with E-state index in [2.05, 4.69) is 24.1 Å². The Hall–Kier alpha value is -2.41. The lowest BCUT2D eigenvalue weighted by Crippen LogP contribution is -2.48. The number of carbonyl (C=O) groups excluding carboxylic acids is 2. The van der Waals surface area contributed by atoms with Crippen molar-refractivity contribution in [1.29, 1.82) is 0 Å². The second kappa shape index (κ2) is 8.14. The molecule has 1 saturated heterocycles. The van der Waals surface area contributed by atoms with E-state index in [9.17, 15) is 9.59 Å². The van der Waals surface area contributed by atoms with Crippen LogP contribution < -0.4 is 10.2 Å². The third-order valence-electron chi connectivity index (χ3n) is 6.07. The number of benzene rings is 1. The molecule has 1 aliphatic carbocycles.